The van der Waals surface area contributed by atoms with Gasteiger partial charge in [0.05, 0.1) is 22.2 Å². The largest absolute Gasteiger partial charge is 0.296 e. The first kappa shape index (κ1) is 18.7. The van der Waals surface area contributed by atoms with Crippen molar-refractivity contribution in [3.8, 4) is 0 Å². The third-order valence-corrected chi connectivity index (χ3v) is 4.62. The number of benzene rings is 2. The minimum absolute atomic E-state index is 0.0974. The summed E-state index contributed by atoms with van der Waals surface area (Å²) in [5.74, 6) is -0.889. The third-order valence-electron chi connectivity index (χ3n) is 4.62. The maximum Gasteiger partial charge on any atom is 0.270 e. The first-order valence-electron chi connectivity index (χ1n) is 8.96. The van der Waals surface area contributed by atoms with Crippen molar-refractivity contribution >= 4 is 17.5 Å². The Morgan fingerprint density at radius 3 is 2.44 bits per heavy atom. The van der Waals surface area contributed by atoms with Crippen molar-refractivity contribution in [1.29, 1.82) is 0 Å². The zero-order chi connectivity index (χ0) is 19.4. The van der Waals surface area contributed by atoms with Gasteiger partial charge in [0, 0.05) is 18.7 Å². The zero-order valence-electron chi connectivity index (χ0n) is 15.1. The van der Waals surface area contributed by atoms with Gasteiger partial charge in [-0.2, -0.15) is 0 Å². The molecule has 1 heterocycles. The Bertz CT molecular complexity index is 867. The average molecular weight is 367 g/mol. The van der Waals surface area contributed by atoms with Gasteiger partial charge in [-0.25, -0.2) is 0 Å². The summed E-state index contributed by atoms with van der Waals surface area (Å²) in [4.78, 5) is 37.1. The van der Waals surface area contributed by atoms with E-state index in [9.17, 15) is 19.7 Å². The van der Waals surface area contributed by atoms with Crippen molar-refractivity contribution in [3.63, 3.8) is 0 Å². The second-order valence-corrected chi connectivity index (χ2v) is 6.46. The lowest BCUT2D eigenvalue weighted by atomic mass is 10.1. The molecule has 0 radical (unpaired) electrons. The van der Waals surface area contributed by atoms with Crippen LogP contribution in [0.5, 0.6) is 0 Å². The van der Waals surface area contributed by atoms with Crippen molar-refractivity contribution in [2.75, 3.05) is 6.54 Å². The van der Waals surface area contributed by atoms with Gasteiger partial charge in [0.15, 0.2) is 0 Å². The van der Waals surface area contributed by atoms with Crippen LogP contribution in [0.15, 0.2) is 48.5 Å². The lowest BCUT2D eigenvalue weighted by Gasteiger charge is -2.27. The van der Waals surface area contributed by atoms with E-state index in [1.807, 2.05) is 37.3 Å². The van der Waals surface area contributed by atoms with Gasteiger partial charge in [0.1, 0.15) is 0 Å². The summed E-state index contributed by atoms with van der Waals surface area (Å²) < 4.78 is 0. The molecule has 0 aliphatic carbocycles. The van der Waals surface area contributed by atoms with Gasteiger partial charge in [0.2, 0.25) is 0 Å². The fourth-order valence-electron chi connectivity index (χ4n) is 3.27. The van der Waals surface area contributed by atoms with E-state index in [1.165, 1.54) is 28.7 Å². The fraction of sp³-hybridized carbons (Fsp3) is 0.300. The van der Waals surface area contributed by atoms with Crippen LogP contribution in [-0.4, -0.2) is 34.3 Å². The number of fused-ring (bicyclic) bond motifs is 1. The Labute approximate surface area is 157 Å². The van der Waals surface area contributed by atoms with E-state index in [-0.39, 0.29) is 16.8 Å². The summed E-state index contributed by atoms with van der Waals surface area (Å²) in [6, 6.07) is 13.7. The fourth-order valence-corrected chi connectivity index (χ4v) is 3.27. The Morgan fingerprint density at radius 2 is 1.78 bits per heavy atom. The van der Waals surface area contributed by atoms with Crippen LogP contribution in [0.2, 0.25) is 0 Å². The number of amides is 2. The first-order chi connectivity index (χ1) is 13.0. The predicted molar refractivity (Wildman–Crippen MR) is 100 cm³/mol. The molecule has 7 heteroatoms. The Hall–Kier alpha value is -3.06. The maximum atomic E-state index is 12.8. The van der Waals surface area contributed by atoms with E-state index in [0.717, 1.165) is 12.8 Å². The lowest BCUT2D eigenvalue weighted by molar-refractivity contribution is -0.384. The van der Waals surface area contributed by atoms with E-state index < -0.39 is 22.9 Å². The molecule has 1 unspecified atom stereocenters. The second kappa shape index (κ2) is 8.09. The second-order valence-electron chi connectivity index (χ2n) is 6.46. The monoisotopic (exact) mass is 367 g/mol. The Morgan fingerprint density at radius 1 is 1.07 bits per heavy atom. The van der Waals surface area contributed by atoms with Crippen LogP contribution < -0.4 is 5.32 Å². The number of rotatable bonds is 8. The summed E-state index contributed by atoms with van der Waals surface area (Å²) >= 11 is 0. The van der Waals surface area contributed by atoms with Gasteiger partial charge in [-0.1, -0.05) is 43.7 Å². The molecule has 0 spiro atoms. The smallest absolute Gasteiger partial charge is 0.270 e. The molecule has 0 saturated carbocycles. The minimum Gasteiger partial charge on any atom is -0.296 e. The number of hydrogen-bond acceptors (Lipinski definition) is 5. The maximum absolute atomic E-state index is 12.8. The average Bonchev–Trinajstić information content (AvgIpc) is 2.92. The number of carbonyl (C=O) groups is 2. The van der Waals surface area contributed by atoms with Crippen LogP contribution in [0, 0.1) is 10.1 Å². The molecule has 1 aliphatic rings. The first-order valence-corrected chi connectivity index (χ1v) is 8.96. The predicted octanol–water partition coefficient (Wildman–Crippen LogP) is 3.15. The van der Waals surface area contributed by atoms with Crippen molar-refractivity contribution in [3.05, 3.63) is 75.3 Å². The molecule has 0 aromatic heterocycles. The molecule has 1 N–H and O–H groups in total. The van der Waals surface area contributed by atoms with Gasteiger partial charge in [-0.3, -0.25) is 29.9 Å². The van der Waals surface area contributed by atoms with Gasteiger partial charge < -0.3 is 0 Å². The highest BCUT2D eigenvalue weighted by molar-refractivity contribution is 6.21. The van der Waals surface area contributed by atoms with Crippen molar-refractivity contribution < 1.29 is 14.5 Å². The van der Waals surface area contributed by atoms with Crippen LogP contribution in [0.25, 0.3) is 0 Å². The minimum atomic E-state index is -0.567. The molecule has 2 amide bonds. The lowest BCUT2D eigenvalue weighted by Crippen LogP contribution is -2.49. The molecule has 0 fully saturated rings. The van der Waals surface area contributed by atoms with E-state index in [0.29, 0.717) is 13.0 Å². The summed E-state index contributed by atoms with van der Waals surface area (Å²) in [5, 5.41) is 14.3. The highest BCUT2D eigenvalue weighted by Gasteiger charge is 2.40. The summed E-state index contributed by atoms with van der Waals surface area (Å²) in [7, 11) is 0. The number of nitro benzene ring substituents is 1. The van der Waals surface area contributed by atoms with Gasteiger partial charge in [-0.15, -0.1) is 0 Å². The zero-order valence-corrected chi connectivity index (χ0v) is 15.1. The van der Waals surface area contributed by atoms with Gasteiger partial charge in [-0.05, 0) is 24.5 Å². The molecule has 7 nitrogen and oxygen atoms in total. The summed E-state index contributed by atoms with van der Waals surface area (Å²) in [6.45, 7) is 2.59. The normalized spacial score (nSPS) is 14.3. The third kappa shape index (κ3) is 3.88. The van der Waals surface area contributed by atoms with E-state index in [4.69, 9.17) is 0 Å². The number of hydrogen-bond donors (Lipinski definition) is 1. The van der Waals surface area contributed by atoms with Crippen LogP contribution in [0.1, 0.15) is 46.0 Å². The SMILES string of the molecule is CCCC(NCCc1ccccc1)N1C(=O)c2ccc([N+](=O)[O-])cc2C1=O. The molecular formula is C20H21N3O4. The molecule has 2 aromatic rings. The van der Waals surface area contributed by atoms with Gasteiger partial charge >= 0.3 is 0 Å². The van der Waals surface area contributed by atoms with E-state index >= 15 is 0 Å². The Kier molecular flexibility index (Phi) is 5.61. The summed E-state index contributed by atoms with van der Waals surface area (Å²) in [5.41, 5.74) is 1.29. The standard InChI is InChI=1S/C20H21N3O4/c1-2-6-18(21-12-11-14-7-4-3-5-8-14)22-19(24)16-10-9-15(23(26)27)13-17(16)20(22)25/h3-5,7-10,13,18,21H,2,6,11-12H2,1H3. The number of imide groups is 1. The van der Waals surface area contributed by atoms with Crippen molar-refractivity contribution in [2.45, 2.75) is 32.4 Å². The Balaban J connectivity index is 1.76. The molecule has 27 heavy (non-hydrogen) atoms. The molecular weight excluding hydrogens is 346 g/mol. The molecule has 1 atom stereocenters. The van der Waals surface area contributed by atoms with Crippen molar-refractivity contribution in [2.24, 2.45) is 0 Å². The topological polar surface area (TPSA) is 92.6 Å². The van der Waals surface area contributed by atoms with Gasteiger partial charge in [0.25, 0.3) is 17.5 Å². The molecule has 0 bridgehead atoms. The molecule has 1 aliphatic heterocycles. The van der Waals surface area contributed by atoms with Crippen LogP contribution in [0.4, 0.5) is 5.69 Å². The highest BCUT2D eigenvalue weighted by Crippen LogP contribution is 2.28. The number of non-ortho nitro benzene ring substituents is 1. The number of nitro groups is 1. The molecule has 0 saturated heterocycles. The number of nitrogens with one attached hydrogen (secondary N) is 1. The van der Waals surface area contributed by atoms with E-state index in [1.54, 1.807) is 0 Å². The van der Waals surface area contributed by atoms with Crippen LogP contribution >= 0.6 is 0 Å². The van der Waals surface area contributed by atoms with Crippen LogP contribution in [0.3, 0.4) is 0 Å². The number of carbonyl (C=O) groups excluding carboxylic acids is 2. The number of nitrogens with zero attached hydrogens (tertiary/aromatic N) is 2. The molecule has 2 aromatic carbocycles. The summed E-state index contributed by atoms with van der Waals surface area (Å²) in [6.07, 6.45) is 1.74. The van der Waals surface area contributed by atoms with Crippen LogP contribution in [-0.2, 0) is 6.42 Å². The molecule has 3 rings (SSSR count). The van der Waals surface area contributed by atoms with Crippen molar-refractivity contribution in [1.82, 2.24) is 10.2 Å². The van der Waals surface area contributed by atoms with E-state index in [2.05, 4.69) is 5.32 Å². The molecule has 140 valence electrons. The quantitative estimate of drug-likeness (QED) is 0.439. The highest BCUT2D eigenvalue weighted by atomic mass is 16.6.